The molecule has 0 atom stereocenters. The lowest BCUT2D eigenvalue weighted by Crippen LogP contribution is -2.52. The van der Waals surface area contributed by atoms with E-state index in [-0.39, 0.29) is 25.0 Å². The van der Waals surface area contributed by atoms with Gasteiger partial charge in [0.2, 0.25) is 0 Å². The van der Waals surface area contributed by atoms with Gasteiger partial charge in [-0.15, -0.1) is 0 Å². The Morgan fingerprint density at radius 1 is 1.39 bits per heavy atom. The fraction of sp³-hybridized carbons (Fsp3) is 0.462. The fourth-order valence-corrected chi connectivity index (χ4v) is 1.86. The Morgan fingerprint density at radius 2 is 2.06 bits per heavy atom. The second-order valence-corrected chi connectivity index (χ2v) is 4.29. The van der Waals surface area contributed by atoms with Crippen molar-refractivity contribution >= 4 is 5.91 Å². The summed E-state index contributed by atoms with van der Waals surface area (Å²) < 4.78 is 10.6. The number of ether oxygens (including phenoxy) is 2. The van der Waals surface area contributed by atoms with E-state index in [0.29, 0.717) is 24.6 Å². The monoisotopic (exact) mass is 251 g/mol. The average Bonchev–Trinajstić information content (AvgIpc) is 2.35. The molecular formula is C13H17NO4. The molecule has 0 spiro atoms. The first-order valence-electron chi connectivity index (χ1n) is 5.89. The highest BCUT2D eigenvalue weighted by atomic mass is 16.5. The van der Waals surface area contributed by atoms with Crippen LogP contribution in [0.15, 0.2) is 24.3 Å². The summed E-state index contributed by atoms with van der Waals surface area (Å²) in [4.78, 5) is 13.4. The van der Waals surface area contributed by atoms with Gasteiger partial charge in [0.05, 0.1) is 7.11 Å². The summed E-state index contributed by atoms with van der Waals surface area (Å²) in [5.74, 6) is 1.33. The Labute approximate surface area is 106 Å². The molecule has 0 unspecified atom stereocenters. The van der Waals surface area contributed by atoms with Crippen LogP contribution in [0.4, 0.5) is 0 Å². The molecule has 0 bridgehead atoms. The molecular weight excluding hydrogens is 234 g/mol. The van der Waals surface area contributed by atoms with E-state index in [0.717, 1.165) is 0 Å². The largest absolute Gasteiger partial charge is 0.493 e. The lowest BCUT2D eigenvalue weighted by molar-refractivity contribution is -0.140. The normalized spacial score (nSPS) is 15.1. The SMILES string of the molecule is COc1ccccc1OCC(=O)N1CC(CO)C1. The van der Waals surface area contributed by atoms with Crippen molar-refractivity contribution < 1.29 is 19.4 Å². The quantitative estimate of drug-likeness (QED) is 0.829. The maximum atomic E-state index is 11.7. The summed E-state index contributed by atoms with van der Waals surface area (Å²) in [5, 5.41) is 8.88. The molecule has 0 aliphatic carbocycles. The Balaban J connectivity index is 1.83. The number of likely N-dealkylation sites (tertiary alicyclic amines) is 1. The van der Waals surface area contributed by atoms with Crippen LogP contribution in [-0.4, -0.2) is 49.3 Å². The topological polar surface area (TPSA) is 59.0 Å². The number of rotatable bonds is 5. The number of aliphatic hydroxyl groups is 1. The van der Waals surface area contributed by atoms with Gasteiger partial charge in [0.25, 0.3) is 5.91 Å². The number of aliphatic hydroxyl groups excluding tert-OH is 1. The van der Waals surface area contributed by atoms with Gasteiger partial charge in [-0.25, -0.2) is 0 Å². The molecule has 1 aromatic carbocycles. The molecule has 1 amide bonds. The minimum absolute atomic E-state index is 0.00147. The van der Waals surface area contributed by atoms with E-state index in [1.807, 2.05) is 12.1 Å². The zero-order valence-electron chi connectivity index (χ0n) is 10.3. The molecule has 1 aromatic rings. The predicted octanol–water partition coefficient (Wildman–Crippen LogP) is 0.525. The van der Waals surface area contributed by atoms with Crippen molar-refractivity contribution in [2.45, 2.75) is 0 Å². The lowest BCUT2D eigenvalue weighted by atomic mass is 10.0. The van der Waals surface area contributed by atoms with Gasteiger partial charge in [0.15, 0.2) is 18.1 Å². The van der Waals surface area contributed by atoms with Crippen LogP contribution in [0.25, 0.3) is 0 Å². The highest BCUT2D eigenvalue weighted by molar-refractivity contribution is 5.78. The number of hydrogen-bond acceptors (Lipinski definition) is 4. The first kappa shape index (κ1) is 12.7. The van der Waals surface area contributed by atoms with Gasteiger partial charge in [-0.1, -0.05) is 12.1 Å². The van der Waals surface area contributed by atoms with Gasteiger partial charge >= 0.3 is 0 Å². The molecule has 98 valence electrons. The molecule has 1 saturated heterocycles. The number of hydrogen-bond donors (Lipinski definition) is 1. The van der Waals surface area contributed by atoms with E-state index in [2.05, 4.69) is 0 Å². The maximum absolute atomic E-state index is 11.7. The second kappa shape index (κ2) is 5.73. The van der Waals surface area contributed by atoms with Crippen LogP contribution < -0.4 is 9.47 Å². The minimum Gasteiger partial charge on any atom is -0.493 e. The summed E-state index contributed by atoms with van der Waals surface area (Å²) in [6, 6.07) is 7.21. The van der Waals surface area contributed by atoms with Crippen LogP contribution in [-0.2, 0) is 4.79 Å². The highest BCUT2D eigenvalue weighted by Crippen LogP contribution is 2.26. The molecule has 2 rings (SSSR count). The maximum Gasteiger partial charge on any atom is 0.260 e. The van der Waals surface area contributed by atoms with Crippen LogP contribution in [0.5, 0.6) is 11.5 Å². The van der Waals surface area contributed by atoms with Crippen LogP contribution in [0.1, 0.15) is 0 Å². The minimum atomic E-state index is -0.0643. The molecule has 0 aromatic heterocycles. The van der Waals surface area contributed by atoms with Gasteiger partial charge in [0, 0.05) is 25.6 Å². The van der Waals surface area contributed by atoms with Gasteiger partial charge in [-0.3, -0.25) is 4.79 Å². The van der Waals surface area contributed by atoms with E-state index < -0.39 is 0 Å². The molecule has 0 radical (unpaired) electrons. The van der Waals surface area contributed by atoms with Crippen molar-refractivity contribution in [1.82, 2.24) is 4.90 Å². The van der Waals surface area contributed by atoms with Crippen molar-refractivity contribution in [2.24, 2.45) is 5.92 Å². The summed E-state index contributed by atoms with van der Waals surface area (Å²) in [6.07, 6.45) is 0. The average molecular weight is 251 g/mol. The summed E-state index contributed by atoms with van der Waals surface area (Å²) >= 11 is 0. The van der Waals surface area contributed by atoms with Crippen LogP contribution >= 0.6 is 0 Å². The molecule has 1 aliphatic rings. The third-order valence-corrected chi connectivity index (χ3v) is 2.99. The van der Waals surface area contributed by atoms with Gasteiger partial charge < -0.3 is 19.5 Å². The van der Waals surface area contributed by atoms with Crippen molar-refractivity contribution in [1.29, 1.82) is 0 Å². The van der Waals surface area contributed by atoms with Gasteiger partial charge in [-0.05, 0) is 12.1 Å². The Kier molecular flexibility index (Phi) is 4.04. The van der Waals surface area contributed by atoms with Gasteiger partial charge in [-0.2, -0.15) is 0 Å². The molecule has 5 nitrogen and oxygen atoms in total. The standard InChI is InChI=1S/C13H17NO4/c1-17-11-4-2-3-5-12(11)18-9-13(16)14-6-10(7-14)8-15/h2-5,10,15H,6-9H2,1H3. The smallest absolute Gasteiger partial charge is 0.260 e. The molecule has 5 heteroatoms. The number of para-hydroxylation sites is 2. The van der Waals surface area contributed by atoms with E-state index in [1.165, 1.54) is 0 Å². The number of nitrogens with zero attached hydrogens (tertiary/aromatic N) is 1. The van der Waals surface area contributed by atoms with E-state index in [9.17, 15) is 4.79 Å². The Hall–Kier alpha value is -1.75. The van der Waals surface area contributed by atoms with E-state index >= 15 is 0 Å². The van der Waals surface area contributed by atoms with E-state index in [4.69, 9.17) is 14.6 Å². The molecule has 0 saturated carbocycles. The first-order valence-corrected chi connectivity index (χ1v) is 5.89. The summed E-state index contributed by atoms with van der Waals surface area (Å²) in [6.45, 7) is 1.37. The van der Waals surface area contributed by atoms with Gasteiger partial charge in [0.1, 0.15) is 0 Å². The fourth-order valence-electron chi connectivity index (χ4n) is 1.86. The molecule has 1 aliphatic heterocycles. The zero-order valence-corrected chi connectivity index (χ0v) is 10.3. The lowest BCUT2D eigenvalue weighted by Gasteiger charge is -2.38. The molecule has 1 N–H and O–H groups in total. The Bertz CT molecular complexity index is 415. The number of amides is 1. The third kappa shape index (κ3) is 2.73. The van der Waals surface area contributed by atoms with Crippen molar-refractivity contribution in [3.63, 3.8) is 0 Å². The van der Waals surface area contributed by atoms with Crippen LogP contribution in [0, 0.1) is 5.92 Å². The molecule has 1 heterocycles. The molecule has 18 heavy (non-hydrogen) atoms. The summed E-state index contributed by atoms with van der Waals surface area (Å²) in [5.41, 5.74) is 0. The third-order valence-electron chi connectivity index (χ3n) is 2.99. The number of carbonyl (C=O) groups is 1. The zero-order chi connectivity index (χ0) is 13.0. The Morgan fingerprint density at radius 3 is 2.67 bits per heavy atom. The van der Waals surface area contributed by atoms with E-state index in [1.54, 1.807) is 24.1 Å². The van der Waals surface area contributed by atoms with Crippen molar-refractivity contribution in [3.8, 4) is 11.5 Å². The van der Waals surface area contributed by atoms with Crippen molar-refractivity contribution in [3.05, 3.63) is 24.3 Å². The summed E-state index contributed by atoms with van der Waals surface area (Å²) in [7, 11) is 1.56. The van der Waals surface area contributed by atoms with Crippen molar-refractivity contribution in [2.75, 3.05) is 33.4 Å². The highest BCUT2D eigenvalue weighted by Gasteiger charge is 2.29. The first-order chi connectivity index (χ1) is 8.74. The number of benzene rings is 1. The second-order valence-electron chi connectivity index (χ2n) is 4.29. The van der Waals surface area contributed by atoms with Crippen LogP contribution in [0.2, 0.25) is 0 Å². The van der Waals surface area contributed by atoms with Crippen LogP contribution in [0.3, 0.4) is 0 Å². The number of methoxy groups -OCH3 is 1. The predicted molar refractivity (Wildman–Crippen MR) is 65.6 cm³/mol. The molecule has 1 fully saturated rings. The number of carbonyl (C=O) groups excluding carboxylic acids is 1.